The summed E-state index contributed by atoms with van der Waals surface area (Å²) < 4.78 is 2.25. The largest absolute Gasteiger partial charge is 0.395 e. The van der Waals surface area contributed by atoms with Crippen LogP contribution in [0.1, 0.15) is 42.6 Å². The van der Waals surface area contributed by atoms with E-state index >= 15 is 0 Å². The van der Waals surface area contributed by atoms with Crippen molar-refractivity contribution in [2.75, 3.05) is 18.5 Å². The SMILES string of the molecule is Cc1cccc(-c2nn3c(c2-c2ccnc(NCCO)c2)C2CCC3C2)n1. The fraction of sp³-hybridized carbons (Fsp3) is 0.381. The monoisotopic (exact) mass is 361 g/mol. The highest BCUT2D eigenvalue weighted by Gasteiger charge is 2.41. The van der Waals surface area contributed by atoms with Gasteiger partial charge in [0.2, 0.25) is 0 Å². The van der Waals surface area contributed by atoms with Crippen molar-refractivity contribution in [1.29, 1.82) is 0 Å². The van der Waals surface area contributed by atoms with Gasteiger partial charge in [-0.15, -0.1) is 0 Å². The number of pyridine rings is 2. The number of hydrogen-bond donors (Lipinski definition) is 2. The summed E-state index contributed by atoms with van der Waals surface area (Å²) in [6.07, 6.45) is 5.49. The Balaban J connectivity index is 1.68. The Kier molecular flexibility index (Phi) is 3.93. The summed E-state index contributed by atoms with van der Waals surface area (Å²) in [4.78, 5) is 9.12. The Morgan fingerprint density at radius 2 is 2.19 bits per heavy atom. The van der Waals surface area contributed by atoms with E-state index < -0.39 is 0 Å². The summed E-state index contributed by atoms with van der Waals surface area (Å²) in [5, 5.41) is 17.3. The van der Waals surface area contributed by atoms with Gasteiger partial charge in [0.05, 0.1) is 24.0 Å². The number of aliphatic hydroxyl groups excluding tert-OH is 1. The Hall–Kier alpha value is -2.73. The molecule has 27 heavy (non-hydrogen) atoms. The van der Waals surface area contributed by atoms with E-state index in [-0.39, 0.29) is 6.61 Å². The van der Waals surface area contributed by atoms with Gasteiger partial charge in [-0.3, -0.25) is 9.67 Å². The lowest BCUT2D eigenvalue weighted by molar-refractivity contribution is 0.311. The molecule has 2 atom stereocenters. The van der Waals surface area contributed by atoms with Crippen LogP contribution in [0.15, 0.2) is 36.5 Å². The second kappa shape index (κ2) is 6.46. The van der Waals surface area contributed by atoms with Crippen molar-refractivity contribution in [3.05, 3.63) is 47.9 Å². The Labute approximate surface area is 158 Å². The first-order valence-electron chi connectivity index (χ1n) is 9.62. The van der Waals surface area contributed by atoms with Crippen LogP contribution in [0, 0.1) is 6.92 Å². The quantitative estimate of drug-likeness (QED) is 0.727. The summed E-state index contributed by atoms with van der Waals surface area (Å²) in [5.41, 5.74) is 6.53. The zero-order valence-corrected chi connectivity index (χ0v) is 15.4. The van der Waals surface area contributed by atoms with Crippen molar-refractivity contribution in [2.24, 2.45) is 0 Å². The molecule has 0 amide bonds. The third-order valence-corrected chi connectivity index (χ3v) is 5.68. The molecule has 3 aromatic rings. The second-order valence-electron chi connectivity index (χ2n) is 7.46. The van der Waals surface area contributed by atoms with E-state index in [1.54, 1.807) is 0 Å². The topological polar surface area (TPSA) is 75.9 Å². The summed E-state index contributed by atoms with van der Waals surface area (Å²) in [5.74, 6) is 1.35. The number of aromatic nitrogens is 4. The highest BCUT2D eigenvalue weighted by molar-refractivity contribution is 5.83. The van der Waals surface area contributed by atoms with Crippen LogP contribution in [0.4, 0.5) is 5.82 Å². The lowest BCUT2D eigenvalue weighted by Crippen LogP contribution is -2.08. The molecule has 4 heterocycles. The minimum Gasteiger partial charge on any atom is -0.395 e. The number of aliphatic hydroxyl groups is 1. The zero-order valence-electron chi connectivity index (χ0n) is 15.4. The van der Waals surface area contributed by atoms with Crippen molar-refractivity contribution >= 4 is 5.82 Å². The highest BCUT2D eigenvalue weighted by atomic mass is 16.3. The van der Waals surface area contributed by atoms with Crippen molar-refractivity contribution in [3.8, 4) is 22.5 Å². The Bertz CT molecular complexity index is 996. The molecule has 0 spiro atoms. The van der Waals surface area contributed by atoms with Crippen molar-refractivity contribution in [3.63, 3.8) is 0 Å². The molecule has 0 radical (unpaired) electrons. The van der Waals surface area contributed by atoms with E-state index in [0.29, 0.717) is 18.5 Å². The summed E-state index contributed by atoms with van der Waals surface area (Å²) in [7, 11) is 0. The van der Waals surface area contributed by atoms with E-state index in [2.05, 4.69) is 21.0 Å². The molecule has 1 aliphatic heterocycles. The van der Waals surface area contributed by atoms with Crippen LogP contribution in [0.3, 0.4) is 0 Å². The molecule has 3 aromatic heterocycles. The van der Waals surface area contributed by atoms with Gasteiger partial charge in [0.1, 0.15) is 11.5 Å². The van der Waals surface area contributed by atoms with E-state index in [1.807, 2.05) is 37.4 Å². The third-order valence-electron chi connectivity index (χ3n) is 5.68. The molecule has 5 rings (SSSR count). The molecule has 1 aliphatic carbocycles. The Morgan fingerprint density at radius 1 is 1.26 bits per heavy atom. The number of nitrogens with zero attached hydrogens (tertiary/aromatic N) is 4. The molecule has 2 aliphatic rings. The van der Waals surface area contributed by atoms with Gasteiger partial charge in [0.15, 0.2) is 0 Å². The van der Waals surface area contributed by atoms with Gasteiger partial charge in [-0.05, 0) is 56.0 Å². The summed E-state index contributed by atoms with van der Waals surface area (Å²) in [6.45, 7) is 2.58. The maximum absolute atomic E-state index is 9.09. The number of hydrogen-bond acceptors (Lipinski definition) is 5. The Morgan fingerprint density at radius 3 is 3.04 bits per heavy atom. The van der Waals surface area contributed by atoms with Gasteiger partial charge < -0.3 is 10.4 Å². The highest BCUT2D eigenvalue weighted by Crippen LogP contribution is 2.53. The van der Waals surface area contributed by atoms with E-state index in [0.717, 1.165) is 28.5 Å². The molecule has 1 fully saturated rings. The minimum absolute atomic E-state index is 0.0807. The average molecular weight is 361 g/mol. The molecular weight excluding hydrogens is 338 g/mol. The molecule has 1 saturated carbocycles. The molecule has 2 N–H and O–H groups in total. The predicted octanol–water partition coefficient (Wildman–Crippen LogP) is 3.54. The fourth-order valence-electron chi connectivity index (χ4n) is 4.55. The van der Waals surface area contributed by atoms with E-state index in [1.165, 1.54) is 30.5 Å². The van der Waals surface area contributed by atoms with Crippen molar-refractivity contribution in [1.82, 2.24) is 19.7 Å². The number of rotatable bonds is 5. The normalized spacial score (nSPS) is 20.1. The second-order valence-corrected chi connectivity index (χ2v) is 7.46. The zero-order chi connectivity index (χ0) is 18.4. The first-order chi connectivity index (χ1) is 13.2. The minimum atomic E-state index is 0.0807. The molecule has 0 saturated heterocycles. The van der Waals surface area contributed by atoms with Gasteiger partial charge in [0, 0.05) is 29.9 Å². The van der Waals surface area contributed by atoms with Crippen LogP contribution in [0.25, 0.3) is 22.5 Å². The fourth-order valence-corrected chi connectivity index (χ4v) is 4.55. The molecule has 2 unspecified atom stereocenters. The maximum Gasteiger partial charge on any atom is 0.126 e. The van der Waals surface area contributed by atoms with Crippen molar-refractivity contribution < 1.29 is 5.11 Å². The van der Waals surface area contributed by atoms with Crippen LogP contribution in [-0.2, 0) is 0 Å². The third kappa shape index (κ3) is 2.72. The molecular formula is C21H23N5O. The number of fused-ring (bicyclic) bond motifs is 5. The van der Waals surface area contributed by atoms with Gasteiger partial charge in [-0.2, -0.15) is 5.10 Å². The summed E-state index contributed by atoms with van der Waals surface area (Å²) >= 11 is 0. The van der Waals surface area contributed by atoms with Crippen LogP contribution in [0.5, 0.6) is 0 Å². The summed E-state index contributed by atoms with van der Waals surface area (Å²) in [6, 6.07) is 10.7. The number of aryl methyl sites for hydroxylation is 1. The molecule has 6 nitrogen and oxygen atoms in total. The van der Waals surface area contributed by atoms with Gasteiger partial charge >= 0.3 is 0 Å². The predicted molar refractivity (Wildman–Crippen MR) is 105 cm³/mol. The van der Waals surface area contributed by atoms with Crippen LogP contribution >= 0.6 is 0 Å². The van der Waals surface area contributed by atoms with Crippen LogP contribution < -0.4 is 5.32 Å². The lowest BCUT2D eigenvalue weighted by atomic mass is 9.94. The van der Waals surface area contributed by atoms with Crippen LogP contribution in [0.2, 0.25) is 0 Å². The van der Waals surface area contributed by atoms with Crippen LogP contribution in [-0.4, -0.2) is 38.0 Å². The van der Waals surface area contributed by atoms with Gasteiger partial charge in [-0.25, -0.2) is 4.98 Å². The smallest absolute Gasteiger partial charge is 0.126 e. The molecule has 6 heteroatoms. The average Bonchev–Trinajstić information content (AvgIpc) is 3.38. The first-order valence-corrected chi connectivity index (χ1v) is 9.62. The van der Waals surface area contributed by atoms with Gasteiger partial charge in [-0.1, -0.05) is 6.07 Å². The lowest BCUT2D eigenvalue weighted by Gasteiger charge is -2.14. The van der Waals surface area contributed by atoms with E-state index in [4.69, 9.17) is 15.2 Å². The number of nitrogens with one attached hydrogen (secondary N) is 1. The molecule has 138 valence electrons. The van der Waals surface area contributed by atoms with Crippen molar-refractivity contribution in [2.45, 2.75) is 38.1 Å². The number of anilines is 1. The van der Waals surface area contributed by atoms with E-state index in [9.17, 15) is 0 Å². The van der Waals surface area contributed by atoms with Gasteiger partial charge in [0.25, 0.3) is 0 Å². The standard InChI is InChI=1S/C21H23N5O/c1-13-3-2-4-17(24-13)20-19(14-7-8-22-18(12-14)23-9-10-27)21-15-5-6-16(11-15)26(21)25-20/h2-4,7-8,12,15-16,27H,5-6,9-11H2,1H3,(H,22,23). The molecule has 2 bridgehead atoms. The maximum atomic E-state index is 9.09. The first kappa shape index (κ1) is 16.4. The molecule has 0 aromatic carbocycles.